The maximum atomic E-state index is 12.6. The predicted octanol–water partition coefficient (Wildman–Crippen LogP) is 1.85. The van der Waals surface area contributed by atoms with Gasteiger partial charge < -0.3 is 14.2 Å². The Morgan fingerprint density at radius 3 is 1.96 bits per heavy atom. The summed E-state index contributed by atoms with van der Waals surface area (Å²) in [4.78, 5) is 25.3. The van der Waals surface area contributed by atoms with E-state index in [4.69, 9.17) is 14.2 Å². The molecule has 1 aliphatic heterocycles. The Kier molecular flexibility index (Phi) is 3.94. The van der Waals surface area contributed by atoms with E-state index in [1.54, 1.807) is 12.1 Å². The molecular formula is C19H20N2O5. The molecule has 7 nitrogen and oxygen atoms in total. The second kappa shape index (κ2) is 6.16. The summed E-state index contributed by atoms with van der Waals surface area (Å²) in [6.07, 6.45) is 6.49. The van der Waals surface area contributed by atoms with Crippen molar-refractivity contribution in [3.8, 4) is 17.2 Å². The van der Waals surface area contributed by atoms with Gasteiger partial charge in [-0.05, 0) is 30.4 Å². The number of benzene rings is 1. The van der Waals surface area contributed by atoms with Crippen LogP contribution in [0.3, 0.4) is 0 Å². The minimum absolute atomic E-state index is 0.169. The Labute approximate surface area is 151 Å². The van der Waals surface area contributed by atoms with Crippen LogP contribution < -0.4 is 14.2 Å². The van der Waals surface area contributed by atoms with Crippen LogP contribution in [-0.2, 0) is 9.59 Å². The van der Waals surface area contributed by atoms with Gasteiger partial charge in [0, 0.05) is 5.56 Å². The molecule has 0 spiro atoms. The maximum absolute atomic E-state index is 12.6. The molecule has 1 saturated heterocycles. The van der Waals surface area contributed by atoms with E-state index in [1.807, 2.05) is 0 Å². The lowest BCUT2D eigenvalue weighted by Crippen LogP contribution is -2.28. The fourth-order valence-corrected chi connectivity index (χ4v) is 4.30. The van der Waals surface area contributed by atoms with Gasteiger partial charge in [0.2, 0.25) is 5.75 Å². The number of imide groups is 1. The van der Waals surface area contributed by atoms with Crippen molar-refractivity contribution in [3.63, 3.8) is 0 Å². The van der Waals surface area contributed by atoms with Gasteiger partial charge in [-0.15, -0.1) is 0 Å². The number of nitrogens with zero attached hydrogens (tertiary/aromatic N) is 2. The van der Waals surface area contributed by atoms with Gasteiger partial charge in [0.1, 0.15) is 0 Å². The van der Waals surface area contributed by atoms with Crippen LogP contribution >= 0.6 is 0 Å². The summed E-state index contributed by atoms with van der Waals surface area (Å²) in [5.74, 6) is 0.839. The fourth-order valence-electron chi connectivity index (χ4n) is 4.30. The van der Waals surface area contributed by atoms with E-state index in [0.29, 0.717) is 22.8 Å². The number of hydrogen-bond acceptors (Lipinski definition) is 6. The normalized spacial score (nSPS) is 29.0. The second-order valence-electron chi connectivity index (χ2n) is 6.69. The topological polar surface area (TPSA) is 77.4 Å². The summed E-state index contributed by atoms with van der Waals surface area (Å²) in [5, 5.41) is 5.19. The van der Waals surface area contributed by atoms with Crippen molar-refractivity contribution >= 4 is 18.0 Å². The summed E-state index contributed by atoms with van der Waals surface area (Å²) in [5.41, 5.74) is 0.637. The third kappa shape index (κ3) is 2.30. The van der Waals surface area contributed by atoms with Crippen LogP contribution in [0.1, 0.15) is 12.0 Å². The predicted molar refractivity (Wildman–Crippen MR) is 93.3 cm³/mol. The van der Waals surface area contributed by atoms with E-state index in [2.05, 4.69) is 17.3 Å². The molecule has 1 saturated carbocycles. The molecular weight excluding hydrogens is 336 g/mol. The molecule has 0 N–H and O–H groups in total. The van der Waals surface area contributed by atoms with Crippen molar-refractivity contribution in [1.82, 2.24) is 5.01 Å². The van der Waals surface area contributed by atoms with E-state index < -0.39 is 0 Å². The highest BCUT2D eigenvalue weighted by Crippen LogP contribution is 2.52. The number of amides is 2. The molecule has 3 aliphatic rings. The molecule has 0 radical (unpaired) electrons. The Morgan fingerprint density at radius 2 is 1.50 bits per heavy atom. The number of rotatable bonds is 5. The fraction of sp³-hybridized carbons (Fsp3) is 0.421. The minimum Gasteiger partial charge on any atom is -0.493 e. The smallest absolute Gasteiger partial charge is 0.254 e. The van der Waals surface area contributed by atoms with Crippen LogP contribution in [0.15, 0.2) is 29.4 Å². The number of fused-ring (bicyclic) bond motifs is 5. The van der Waals surface area contributed by atoms with Crippen molar-refractivity contribution in [2.24, 2.45) is 28.8 Å². The Hall–Kier alpha value is -2.83. The van der Waals surface area contributed by atoms with E-state index >= 15 is 0 Å². The molecule has 2 amide bonds. The van der Waals surface area contributed by atoms with Gasteiger partial charge in [-0.2, -0.15) is 10.1 Å². The molecule has 1 aromatic rings. The quantitative estimate of drug-likeness (QED) is 0.457. The van der Waals surface area contributed by atoms with Gasteiger partial charge in [0.15, 0.2) is 11.5 Å². The number of carbonyl (C=O) groups excluding carboxylic acids is 2. The number of ether oxygens (including phenoxy) is 3. The van der Waals surface area contributed by atoms with E-state index in [0.717, 1.165) is 11.4 Å². The molecule has 26 heavy (non-hydrogen) atoms. The zero-order valence-electron chi connectivity index (χ0n) is 14.8. The first kappa shape index (κ1) is 16.6. The average molecular weight is 356 g/mol. The van der Waals surface area contributed by atoms with Crippen molar-refractivity contribution in [2.75, 3.05) is 21.3 Å². The summed E-state index contributed by atoms with van der Waals surface area (Å²) >= 11 is 0. The highest BCUT2D eigenvalue weighted by Gasteiger charge is 2.59. The molecule has 4 rings (SSSR count). The molecule has 1 aromatic carbocycles. The lowest BCUT2D eigenvalue weighted by atomic mass is 9.85. The van der Waals surface area contributed by atoms with Crippen LogP contribution in [0.4, 0.5) is 0 Å². The lowest BCUT2D eigenvalue weighted by Gasteiger charge is -2.13. The number of hydrogen-bond donors (Lipinski definition) is 0. The summed E-state index contributed by atoms with van der Waals surface area (Å²) < 4.78 is 15.9. The van der Waals surface area contributed by atoms with Crippen molar-refractivity contribution < 1.29 is 23.8 Å². The maximum Gasteiger partial charge on any atom is 0.254 e. The van der Waals surface area contributed by atoms with Gasteiger partial charge in [0.25, 0.3) is 11.8 Å². The summed E-state index contributed by atoms with van der Waals surface area (Å²) in [7, 11) is 4.57. The Bertz CT molecular complexity index is 776. The van der Waals surface area contributed by atoms with Crippen molar-refractivity contribution in [3.05, 3.63) is 29.8 Å². The van der Waals surface area contributed by atoms with Crippen molar-refractivity contribution in [2.45, 2.75) is 6.42 Å². The van der Waals surface area contributed by atoms with E-state index in [1.165, 1.54) is 27.5 Å². The molecule has 4 unspecified atom stereocenters. The zero-order chi connectivity index (χ0) is 18.4. The van der Waals surface area contributed by atoms with Crippen LogP contribution in [0.25, 0.3) is 0 Å². The first-order valence-corrected chi connectivity index (χ1v) is 8.49. The van der Waals surface area contributed by atoms with Gasteiger partial charge in [-0.1, -0.05) is 12.2 Å². The number of carbonyl (C=O) groups is 2. The number of hydrazone groups is 1. The second-order valence-corrected chi connectivity index (χ2v) is 6.69. The third-order valence-corrected chi connectivity index (χ3v) is 5.46. The van der Waals surface area contributed by atoms with Crippen LogP contribution in [0.2, 0.25) is 0 Å². The summed E-state index contributed by atoms with van der Waals surface area (Å²) in [6.45, 7) is 0. The molecule has 136 valence electrons. The average Bonchev–Trinajstić information content (AvgIpc) is 3.33. The highest BCUT2D eigenvalue weighted by molar-refractivity contribution is 6.06. The number of allylic oxidation sites excluding steroid dienone is 2. The standard InChI is InChI=1S/C19H20N2O5/c1-24-13-6-10(7-14(25-2)17(13)26-3)9-20-21-18(22)15-11-4-5-12(8-11)16(15)19(21)23/h4-7,9,11-12,15-16H,8H2,1-3H3. The third-order valence-electron chi connectivity index (χ3n) is 5.46. The molecule has 2 bridgehead atoms. The van der Waals surface area contributed by atoms with Gasteiger partial charge in [-0.25, -0.2) is 0 Å². The monoisotopic (exact) mass is 356 g/mol. The Balaban J connectivity index is 1.61. The van der Waals surface area contributed by atoms with Crippen LogP contribution in [-0.4, -0.2) is 44.4 Å². The van der Waals surface area contributed by atoms with Gasteiger partial charge in [0.05, 0.1) is 39.4 Å². The number of methoxy groups -OCH3 is 3. The largest absolute Gasteiger partial charge is 0.493 e. The molecule has 2 fully saturated rings. The van der Waals surface area contributed by atoms with E-state index in [-0.39, 0.29) is 35.5 Å². The van der Waals surface area contributed by atoms with Gasteiger partial charge >= 0.3 is 0 Å². The molecule has 7 heteroatoms. The highest BCUT2D eigenvalue weighted by atomic mass is 16.5. The molecule has 1 heterocycles. The summed E-state index contributed by atoms with van der Waals surface area (Å²) in [6, 6.07) is 3.42. The zero-order valence-corrected chi connectivity index (χ0v) is 14.8. The SMILES string of the molecule is COc1cc(C=NN2C(=O)C3C4C=CC(C4)C3C2=O)cc(OC)c1OC. The lowest BCUT2D eigenvalue weighted by molar-refractivity contribution is -0.140. The molecule has 0 aromatic heterocycles. The Morgan fingerprint density at radius 1 is 0.962 bits per heavy atom. The van der Waals surface area contributed by atoms with Crippen LogP contribution in [0, 0.1) is 23.7 Å². The van der Waals surface area contributed by atoms with Gasteiger partial charge in [-0.3, -0.25) is 9.59 Å². The first-order chi connectivity index (χ1) is 12.6. The van der Waals surface area contributed by atoms with Crippen LogP contribution in [0.5, 0.6) is 17.2 Å². The minimum atomic E-state index is -0.255. The first-order valence-electron chi connectivity index (χ1n) is 8.49. The van der Waals surface area contributed by atoms with E-state index in [9.17, 15) is 9.59 Å². The molecule has 4 atom stereocenters. The van der Waals surface area contributed by atoms with Crippen molar-refractivity contribution in [1.29, 1.82) is 0 Å². The molecule has 2 aliphatic carbocycles.